The molecule has 0 aliphatic rings. The van der Waals surface area contributed by atoms with Crippen LogP contribution in [0.25, 0.3) is 0 Å². The van der Waals surface area contributed by atoms with Crippen LogP contribution in [0.5, 0.6) is 5.75 Å². The normalized spacial score (nSPS) is 11.7. The second-order valence-corrected chi connectivity index (χ2v) is 10.4. The number of ether oxygens (including phenoxy) is 1. The smallest absolute Gasteiger partial charge is 0.311 e. The standard InChI is InChI=1S/C18H15F6NO.C18H21N.CH3F/c1-11(26-15-7-3-5-13(9-15)16(19)20)25-14-6-2-4-12(8-14)10-18(23,24)17(21)22;1-3-17(18-13-12-15(2)14-19-18)11-7-10-16-8-5-4-6-9-16;1-2/h2-9,16-17,25H,1,10H2;4-9,11-14,17H,3,10H2,1-2H3;1H3/b;11-7+;. The minimum absolute atomic E-state index is 0.00667. The van der Waals surface area contributed by atoms with E-state index in [-0.39, 0.29) is 28.4 Å². The lowest BCUT2D eigenvalue weighted by atomic mass is 9.99. The van der Waals surface area contributed by atoms with Gasteiger partial charge in [-0.3, -0.25) is 9.37 Å². The number of anilines is 1. The average Bonchev–Trinajstić information content (AvgIpc) is 3.05. The van der Waals surface area contributed by atoms with Crippen molar-refractivity contribution in [2.24, 2.45) is 0 Å². The molecule has 1 atom stereocenters. The van der Waals surface area contributed by atoms with Crippen molar-refractivity contribution in [3.05, 3.63) is 150 Å². The van der Waals surface area contributed by atoms with Crippen molar-refractivity contribution in [3.8, 4) is 5.75 Å². The highest BCUT2D eigenvalue weighted by atomic mass is 19.3. The largest absolute Gasteiger partial charge is 0.442 e. The van der Waals surface area contributed by atoms with Crippen molar-refractivity contribution in [2.75, 3.05) is 12.5 Å². The molecule has 0 bridgehead atoms. The van der Waals surface area contributed by atoms with Crippen LogP contribution in [0.15, 0.2) is 122 Å². The molecular formula is C37H39F7N2O. The van der Waals surface area contributed by atoms with Gasteiger partial charge >= 0.3 is 12.3 Å². The Labute approximate surface area is 271 Å². The van der Waals surface area contributed by atoms with E-state index in [4.69, 9.17) is 4.74 Å². The van der Waals surface area contributed by atoms with Gasteiger partial charge in [0, 0.05) is 35.5 Å². The minimum atomic E-state index is -4.14. The molecule has 3 aromatic carbocycles. The first kappa shape index (κ1) is 38.6. The Bertz CT molecular complexity index is 1510. The summed E-state index contributed by atoms with van der Waals surface area (Å²) < 4.78 is 91.0. The van der Waals surface area contributed by atoms with Crippen LogP contribution in [-0.4, -0.2) is 24.5 Å². The Balaban J connectivity index is 0.000000324. The summed E-state index contributed by atoms with van der Waals surface area (Å²) in [7, 11) is 0.500. The summed E-state index contributed by atoms with van der Waals surface area (Å²) >= 11 is 0. The summed E-state index contributed by atoms with van der Waals surface area (Å²) in [5.74, 6) is -3.65. The molecule has 0 amide bonds. The van der Waals surface area contributed by atoms with Gasteiger partial charge in [-0.1, -0.05) is 79.7 Å². The Morgan fingerprint density at radius 1 is 0.894 bits per heavy atom. The molecule has 0 radical (unpaired) electrons. The van der Waals surface area contributed by atoms with E-state index in [1.165, 1.54) is 53.6 Å². The first-order valence-electron chi connectivity index (χ1n) is 14.7. The topological polar surface area (TPSA) is 34.1 Å². The van der Waals surface area contributed by atoms with Crippen LogP contribution >= 0.6 is 0 Å². The lowest BCUT2D eigenvalue weighted by Crippen LogP contribution is -2.29. The predicted octanol–water partition coefficient (Wildman–Crippen LogP) is 11.3. The van der Waals surface area contributed by atoms with Gasteiger partial charge in [0.1, 0.15) is 5.75 Å². The van der Waals surface area contributed by atoms with Gasteiger partial charge in [-0.15, -0.1) is 0 Å². The van der Waals surface area contributed by atoms with E-state index < -0.39 is 25.2 Å². The van der Waals surface area contributed by atoms with Crippen molar-refractivity contribution >= 4 is 5.69 Å². The molecule has 0 fully saturated rings. The van der Waals surface area contributed by atoms with E-state index in [1.807, 2.05) is 6.20 Å². The second-order valence-electron chi connectivity index (χ2n) is 10.4. The van der Waals surface area contributed by atoms with Gasteiger partial charge in [0.25, 0.3) is 6.43 Å². The molecule has 0 saturated heterocycles. The molecule has 252 valence electrons. The van der Waals surface area contributed by atoms with Crippen LogP contribution in [0.1, 0.15) is 53.6 Å². The Morgan fingerprint density at radius 3 is 2.19 bits per heavy atom. The molecule has 1 unspecified atom stereocenters. The van der Waals surface area contributed by atoms with Crippen LogP contribution < -0.4 is 10.1 Å². The lowest BCUT2D eigenvalue weighted by Gasteiger charge is -2.16. The molecule has 1 heterocycles. The molecule has 4 aromatic rings. The van der Waals surface area contributed by atoms with Crippen molar-refractivity contribution in [2.45, 2.75) is 57.8 Å². The van der Waals surface area contributed by atoms with Crippen molar-refractivity contribution in [1.82, 2.24) is 4.98 Å². The second kappa shape index (κ2) is 19.8. The molecule has 1 N–H and O–H groups in total. The minimum Gasteiger partial charge on any atom is -0.442 e. The number of hydrogen-bond acceptors (Lipinski definition) is 3. The number of halogens is 7. The molecule has 3 nitrogen and oxygen atoms in total. The summed E-state index contributed by atoms with van der Waals surface area (Å²) in [5.41, 5.74) is 3.77. The molecule has 0 saturated carbocycles. The zero-order valence-corrected chi connectivity index (χ0v) is 26.5. The Hall–Kier alpha value is -4.60. The molecule has 0 aliphatic heterocycles. The van der Waals surface area contributed by atoms with Gasteiger partial charge in [-0.25, -0.2) is 17.6 Å². The highest BCUT2D eigenvalue weighted by Gasteiger charge is 2.40. The number of aryl methyl sites for hydroxylation is 1. The number of benzene rings is 3. The summed E-state index contributed by atoms with van der Waals surface area (Å²) in [6, 6.07) is 25.5. The highest BCUT2D eigenvalue weighted by Crippen LogP contribution is 2.29. The van der Waals surface area contributed by atoms with E-state index in [0.717, 1.165) is 24.6 Å². The van der Waals surface area contributed by atoms with Gasteiger partial charge in [0.05, 0.1) is 7.18 Å². The van der Waals surface area contributed by atoms with Gasteiger partial charge in [-0.05, 0) is 73.4 Å². The van der Waals surface area contributed by atoms with E-state index >= 15 is 0 Å². The lowest BCUT2D eigenvalue weighted by molar-refractivity contribution is -0.127. The van der Waals surface area contributed by atoms with Gasteiger partial charge in [-0.2, -0.15) is 8.78 Å². The van der Waals surface area contributed by atoms with Crippen LogP contribution in [0.3, 0.4) is 0 Å². The quantitative estimate of drug-likeness (QED) is 0.0880. The van der Waals surface area contributed by atoms with Gasteiger partial charge in [0.2, 0.25) is 0 Å². The molecular weight excluding hydrogens is 621 g/mol. The molecule has 0 aliphatic carbocycles. The summed E-state index contributed by atoms with van der Waals surface area (Å²) in [6.45, 7) is 7.84. The van der Waals surface area contributed by atoms with Gasteiger partial charge in [0.15, 0.2) is 5.88 Å². The first-order valence-corrected chi connectivity index (χ1v) is 14.7. The third kappa shape index (κ3) is 13.7. The van der Waals surface area contributed by atoms with E-state index in [1.54, 1.807) is 0 Å². The van der Waals surface area contributed by atoms with Crippen molar-refractivity contribution in [1.29, 1.82) is 0 Å². The fourth-order valence-electron chi connectivity index (χ4n) is 4.28. The van der Waals surface area contributed by atoms with E-state index in [9.17, 15) is 30.7 Å². The molecule has 1 aromatic heterocycles. The maximum Gasteiger partial charge on any atom is 0.311 e. The number of pyridine rings is 1. The number of alkyl halides is 7. The average molecular weight is 661 g/mol. The third-order valence-electron chi connectivity index (χ3n) is 6.64. The van der Waals surface area contributed by atoms with E-state index in [0.29, 0.717) is 13.1 Å². The number of hydrogen-bond donors (Lipinski definition) is 1. The maximum atomic E-state index is 13.1. The SMILES string of the molecule is C=C(Nc1cccc(CC(F)(F)C(F)F)c1)Oc1cccc(C(F)F)c1.CCC(/C=C/Cc1ccccc1)c1ccc(C)cn1.CF. The summed E-state index contributed by atoms with van der Waals surface area (Å²) in [6.07, 6.45) is 1.01. The van der Waals surface area contributed by atoms with Gasteiger partial charge < -0.3 is 10.1 Å². The predicted molar refractivity (Wildman–Crippen MR) is 174 cm³/mol. The van der Waals surface area contributed by atoms with Crippen LogP contribution in [-0.2, 0) is 12.8 Å². The molecule has 0 spiro atoms. The number of aromatic nitrogens is 1. The highest BCUT2D eigenvalue weighted by molar-refractivity contribution is 5.49. The summed E-state index contributed by atoms with van der Waals surface area (Å²) in [4.78, 5) is 4.52. The fraction of sp³-hybridized carbons (Fsp3) is 0.270. The maximum absolute atomic E-state index is 13.1. The van der Waals surface area contributed by atoms with Crippen LogP contribution in [0, 0.1) is 6.92 Å². The number of nitrogens with zero attached hydrogens (tertiary/aromatic N) is 1. The number of nitrogens with one attached hydrogen (secondary N) is 1. The molecule has 4 rings (SSSR count). The Morgan fingerprint density at radius 2 is 1.57 bits per heavy atom. The first-order chi connectivity index (χ1) is 22.5. The monoisotopic (exact) mass is 660 g/mol. The molecule has 47 heavy (non-hydrogen) atoms. The van der Waals surface area contributed by atoms with Crippen molar-refractivity contribution in [3.63, 3.8) is 0 Å². The zero-order chi connectivity index (χ0) is 34.8. The Kier molecular flexibility index (Phi) is 16.3. The van der Waals surface area contributed by atoms with E-state index in [2.05, 4.69) is 85.3 Å². The van der Waals surface area contributed by atoms with Crippen LogP contribution in [0.4, 0.5) is 36.4 Å². The number of rotatable bonds is 13. The molecule has 10 heteroatoms. The zero-order valence-electron chi connectivity index (χ0n) is 26.5. The van der Waals surface area contributed by atoms with Crippen LogP contribution in [0.2, 0.25) is 0 Å². The third-order valence-corrected chi connectivity index (χ3v) is 6.64. The van der Waals surface area contributed by atoms with Crippen molar-refractivity contribution < 1.29 is 35.5 Å². The number of allylic oxidation sites excluding steroid dienone is 2. The summed E-state index contributed by atoms with van der Waals surface area (Å²) in [5, 5.41) is 2.66. The fourth-order valence-corrected chi connectivity index (χ4v) is 4.28.